The Morgan fingerprint density at radius 3 is 2.36 bits per heavy atom. The molecule has 0 unspecified atom stereocenters. The van der Waals surface area contributed by atoms with Crippen molar-refractivity contribution in [2.24, 2.45) is 0 Å². The fourth-order valence-corrected chi connectivity index (χ4v) is 2.40. The maximum atomic E-state index is 12.0. The number of halogens is 2. The third kappa shape index (κ3) is 4.76. The van der Waals surface area contributed by atoms with Gasteiger partial charge in [-0.05, 0) is 42.8 Å². The highest BCUT2D eigenvalue weighted by atomic mass is 35.5. The number of rotatable bonds is 4. The van der Waals surface area contributed by atoms with Crippen LogP contribution < -0.4 is 10.6 Å². The Hall–Kier alpha value is -2.04. The van der Waals surface area contributed by atoms with Gasteiger partial charge in [0.05, 0.1) is 6.54 Å². The zero-order chi connectivity index (χ0) is 16.1. The number of anilines is 1. The third-order valence-corrected chi connectivity index (χ3v) is 3.27. The van der Waals surface area contributed by atoms with Crippen molar-refractivity contribution in [3.8, 4) is 0 Å². The maximum absolute atomic E-state index is 12.0. The van der Waals surface area contributed by atoms with Gasteiger partial charge in [0.15, 0.2) is 0 Å². The van der Waals surface area contributed by atoms with E-state index >= 15 is 0 Å². The van der Waals surface area contributed by atoms with Crippen LogP contribution in [0.1, 0.15) is 15.9 Å². The average Bonchev–Trinajstić information content (AvgIpc) is 2.43. The minimum Gasteiger partial charge on any atom is -0.343 e. The molecule has 22 heavy (non-hydrogen) atoms. The second-order valence-electron chi connectivity index (χ2n) is 4.76. The van der Waals surface area contributed by atoms with E-state index in [0.29, 0.717) is 21.3 Å². The number of hydrogen-bond acceptors (Lipinski definition) is 2. The van der Waals surface area contributed by atoms with Crippen LogP contribution in [0.3, 0.4) is 0 Å². The van der Waals surface area contributed by atoms with Crippen molar-refractivity contribution in [2.75, 3.05) is 11.9 Å². The highest BCUT2D eigenvalue weighted by molar-refractivity contribution is 6.35. The lowest BCUT2D eigenvalue weighted by Crippen LogP contribution is -2.32. The molecule has 0 aliphatic carbocycles. The Kier molecular flexibility index (Phi) is 5.41. The number of nitrogens with one attached hydrogen (secondary N) is 2. The summed E-state index contributed by atoms with van der Waals surface area (Å²) in [5.74, 6) is -0.726. The van der Waals surface area contributed by atoms with Crippen molar-refractivity contribution < 1.29 is 9.59 Å². The molecule has 2 amide bonds. The van der Waals surface area contributed by atoms with E-state index in [1.54, 1.807) is 6.07 Å². The summed E-state index contributed by atoms with van der Waals surface area (Å²) in [6.45, 7) is 1.79. The molecule has 2 rings (SSSR count). The summed E-state index contributed by atoms with van der Waals surface area (Å²) in [5, 5.41) is 5.95. The van der Waals surface area contributed by atoms with E-state index in [1.807, 2.05) is 25.1 Å². The Morgan fingerprint density at radius 1 is 1.05 bits per heavy atom. The number of amides is 2. The van der Waals surface area contributed by atoms with E-state index in [1.165, 1.54) is 18.2 Å². The maximum Gasteiger partial charge on any atom is 0.251 e. The van der Waals surface area contributed by atoms with Gasteiger partial charge < -0.3 is 10.6 Å². The topological polar surface area (TPSA) is 58.2 Å². The molecule has 6 heteroatoms. The van der Waals surface area contributed by atoms with E-state index in [2.05, 4.69) is 10.6 Å². The van der Waals surface area contributed by atoms with Gasteiger partial charge in [-0.25, -0.2) is 0 Å². The van der Waals surface area contributed by atoms with Crippen molar-refractivity contribution in [3.05, 3.63) is 63.6 Å². The molecule has 0 fully saturated rings. The zero-order valence-corrected chi connectivity index (χ0v) is 13.3. The van der Waals surface area contributed by atoms with Crippen LogP contribution in [-0.2, 0) is 4.79 Å². The first kappa shape index (κ1) is 16.3. The summed E-state index contributed by atoms with van der Waals surface area (Å²) in [7, 11) is 0. The summed E-state index contributed by atoms with van der Waals surface area (Å²) in [4.78, 5) is 23.8. The van der Waals surface area contributed by atoms with Crippen LogP contribution in [0.5, 0.6) is 0 Å². The van der Waals surface area contributed by atoms with Gasteiger partial charge in [0, 0.05) is 21.3 Å². The number of hydrogen-bond donors (Lipinski definition) is 2. The normalized spacial score (nSPS) is 10.1. The van der Waals surface area contributed by atoms with Crippen LogP contribution in [0.4, 0.5) is 5.69 Å². The van der Waals surface area contributed by atoms with Gasteiger partial charge in [0.25, 0.3) is 5.91 Å². The van der Waals surface area contributed by atoms with Crippen LogP contribution in [0.25, 0.3) is 0 Å². The Bertz CT molecular complexity index is 697. The van der Waals surface area contributed by atoms with Crippen molar-refractivity contribution in [3.63, 3.8) is 0 Å². The lowest BCUT2D eigenvalue weighted by atomic mass is 10.2. The van der Waals surface area contributed by atoms with E-state index in [9.17, 15) is 9.59 Å². The molecule has 0 spiro atoms. The minimum absolute atomic E-state index is 0.142. The Morgan fingerprint density at radius 2 is 1.73 bits per heavy atom. The predicted octanol–water partition coefficient (Wildman–Crippen LogP) is 3.67. The molecule has 0 radical (unpaired) electrons. The molecule has 4 nitrogen and oxygen atoms in total. The molecule has 2 aromatic carbocycles. The van der Waals surface area contributed by atoms with Gasteiger partial charge in [0.1, 0.15) is 0 Å². The largest absolute Gasteiger partial charge is 0.343 e. The van der Waals surface area contributed by atoms with Crippen molar-refractivity contribution in [2.45, 2.75) is 6.92 Å². The van der Waals surface area contributed by atoms with Gasteiger partial charge in [-0.3, -0.25) is 9.59 Å². The first-order chi connectivity index (χ1) is 10.4. The molecule has 2 N–H and O–H groups in total. The van der Waals surface area contributed by atoms with Gasteiger partial charge in [0.2, 0.25) is 5.91 Å². The highest BCUT2D eigenvalue weighted by Crippen LogP contribution is 2.18. The summed E-state index contributed by atoms with van der Waals surface area (Å²) in [6.07, 6.45) is 0. The second-order valence-corrected chi connectivity index (χ2v) is 5.63. The average molecular weight is 337 g/mol. The molecule has 0 bridgehead atoms. The molecular weight excluding hydrogens is 323 g/mol. The number of carbonyl (C=O) groups excluding carboxylic acids is 2. The summed E-state index contributed by atoms with van der Waals surface area (Å²) < 4.78 is 0. The second kappa shape index (κ2) is 7.29. The number of aryl methyl sites for hydroxylation is 1. The van der Waals surface area contributed by atoms with Crippen molar-refractivity contribution >= 4 is 40.7 Å². The lowest BCUT2D eigenvalue weighted by Gasteiger charge is -2.08. The lowest BCUT2D eigenvalue weighted by molar-refractivity contribution is -0.115. The van der Waals surface area contributed by atoms with E-state index in [0.717, 1.165) is 5.56 Å². The fraction of sp³-hybridized carbons (Fsp3) is 0.125. The zero-order valence-electron chi connectivity index (χ0n) is 11.8. The standard InChI is InChI=1S/C16H14Cl2N2O2/c1-10-3-2-4-14(5-10)20-15(21)9-19-16(22)11-6-12(17)8-13(18)7-11/h2-8H,9H2,1H3,(H,19,22)(H,20,21). The van der Waals surface area contributed by atoms with Crippen LogP contribution >= 0.6 is 23.2 Å². The minimum atomic E-state index is -0.413. The third-order valence-electron chi connectivity index (χ3n) is 2.84. The summed E-state index contributed by atoms with van der Waals surface area (Å²) in [6, 6.07) is 11.9. The predicted molar refractivity (Wildman–Crippen MR) is 88.6 cm³/mol. The molecule has 114 valence electrons. The summed E-state index contributed by atoms with van der Waals surface area (Å²) in [5.41, 5.74) is 2.03. The molecule has 0 aromatic heterocycles. The molecule has 0 saturated heterocycles. The molecule has 0 aliphatic heterocycles. The highest BCUT2D eigenvalue weighted by Gasteiger charge is 2.10. The monoisotopic (exact) mass is 336 g/mol. The molecule has 0 atom stereocenters. The number of carbonyl (C=O) groups is 2. The van der Waals surface area contributed by atoms with Gasteiger partial charge >= 0.3 is 0 Å². The fourth-order valence-electron chi connectivity index (χ4n) is 1.88. The number of benzene rings is 2. The van der Waals surface area contributed by atoms with Crippen LogP contribution in [0.2, 0.25) is 10.0 Å². The Labute approximate surface area is 138 Å². The SMILES string of the molecule is Cc1cccc(NC(=O)CNC(=O)c2cc(Cl)cc(Cl)c2)c1. The van der Waals surface area contributed by atoms with Gasteiger partial charge in [-0.2, -0.15) is 0 Å². The first-order valence-corrected chi connectivity index (χ1v) is 7.30. The van der Waals surface area contributed by atoms with E-state index in [-0.39, 0.29) is 12.5 Å². The molecule has 0 heterocycles. The van der Waals surface area contributed by atoms with Gasteiger partial charge in [-0.15, -0.1) is 0 Å². The first-order valence-electron chi connectivity index (χ1n) is 6.55. The molecule has 2 aromatic rings. The van der Waals surface area contributed by atoms with Crippen LogP contribution in [-0.4, -0.2) is 18.4 Å². The molecule has 0 saturated carbocycles. The van der Waals surface area contributed by atoms with Gasteiger partial charge in [-0.1, -0.05) is 35.3 Å². The van der Waals surface area contributed by atoms with E-state index in [4.69, 9.17) is 23.2 Å². The van der Waals surface area contributed by atoms with Crippen molar-refractivity contribution in [1.29, 1.82) is 0 Å². The van der Waals surface area contributed by atoms with E-state index < -0.39 is 5.91 Å². The van der Waals surface area contributed by atoms with Crippen LogP contribution in [0, 0.1) is 6.92 Å². The Balaban J connectivity index is 1.92. The van der Waals surface area contributed by atoms with Crippen molar-refractivity contribution in [1.82, 2.24) is 5.32 Å². The quantitative estimate of drug-likeness (QED) is 0.894. The molecule has 0 aliphatic rings. The smallest absolute Gasteiger partial charge is 0.251 e. The summed E-state index contributed by atoms with van der Waals surface area (Å²) >= 11 is 11.7. The van der Waals surface area contributed by atoms with Crippen LogP contribution in [0.15, 0.2) is 42.5 Å². The molecular formula is C16H14Cl2N2O2.